The molecule has 2 nitrogen and oxygen atoms in total. The molecule has 0 spiro atoms. The Hall–Kier alpha value is -0.730. The molecule has 0 fully saturated rings. The molecule has 96 valence electrons. The molecule has 1 aromatic carbocycles. The fourth-order valence-corrected chi connectivity index (χ4v) is 2.07. The Kier molecular flexibility index (Phi) is 5.29. The molecular formula is C14H23ClN2. The molecule has 0 aromatic heterocycles. The standard InChI is InChI=1S/C14H23ClN2/c1-10(2)11(3)17(4)14-9-13(15)6-5-12(14)7-8-16/h5-6,9-11H,7-8,16H2,1-4H3. The highest BCUT2D eigenvalue weighted by molar-refractivity contribution is 6.30. The van der Waals surface area contributed by atoms with E-state index in [-0.39, 0.29) is 0 Å². The van der Waals surface area contributed by atoms with Gasteiger partial charge in [0, 0.05) is 23.8 Å². The second kappa shape index (κ2) is 6.27. The third-order valence-corrected chi connectivity index (χ3v) is 3.65. The van der Waals surface area contributed by atoms with Crippen LogP contribution in [0.4, 0.5) is 5.69 Å². The Labute approximate surface area is 110 Å². The molecule has 0 aliphatic rings. The predicted molar refractivity (Wildman–Crippen MR) is 76.9 cm³/mol. The number of hydrogen-bond acceptors (Lipinski definition) is 2. The molecule has 0 bridgehead atoms. The number of anilines is 1. The van der Waals surface area contributed by atoms with E-state index in [0.29, 0.717) is 18.5 Å². The molecule has 0 amide bonds. The van der Waals surface area contributed by atoms with E-state index in [9.17, 15) is 0 Å². The summed E-state index contributed by atoms with van der Waals surface area (Å²) in [5.41, 5.74) is 8.12. The van der Waals surface area contributed by atoms with Crippen molar-refractivity contribution < 1.29 is 0 Å². The topological polar surface area (TPSA) is 29.3 Å². The lowest BCUT2D eigenvalue weighted by Gasteiger charge is -2.31. The molecule has 0 heterocycles. The van der Waals surface area contributed by atoms with Crippen molar-refractivity contribution in [1.82, 2.24) is 0 Å². The minimum absolute atomic E-state index is 0.477. The maximum Gasteiger partial charge on any atom is 0.0426 e. The Morgan fingerprint density at radius 1 is 1.29 bits per heavy atom. The summed E-state index contributed by atoms with van der Waals surface area (Å²) in [5, 5.41) is 0.781. The van der Waals surface area contributed by atoms with Gasteiger partial charge in [-0.3, -0.25) is 0 Å². The Bertz CT molecular complexity index is 363. The predicted octanol–water partition coefficient (Wildman–Crippen LogP) is 3.32. The summed E-state index contributed by atoms with van der Waals surface area (Å²) in [5.74, 6) is 0.602. The van der Waals surface area contributed by atoms with E-state index in [1.54, 1.807) is 0 Å². The number of hydrogen-bond donors (Lipinski definition) is 1. The van der Waals surface area contributed by atoms with Crippen molar-refractivity contribution in [2.45, 2.75) is 33.2 Å². The normalized spacial score (nSPS) is 12.9. The zero-order valence-electron chi connectivity index (χ0n) is 11.2. The van der Waals surface area contributed by atoms with Gasteiger partial charge >= 0.3 is 0 Å². The van der Waals surface area contributed by atoms with E-state index in [1.807, 2.05) is 12.1 Å². The molecule has 17 heavy (non-hydrogen) atoms. The number of nitrogens with zero attached hydrogens (tertiary/aromatic N) is 1. The third-order valence-electron chi connectivity index (χ3n) is 3.42. The first-order chi connectivity index (χ1) is 7.97. The van der Waals surface area contributed by atoms with Crippen LogP contribution in [0.1, 0.15) is 26.3 Å². The molecule has 1 aromatic rings. The van der Waals surface area contributed by atoms with Crippen LogP contribution in [0.15, 0.2) is 18.2 Å². The van der Waals surface area contributed by atoms with Gasteiger partial charge in [-0.15, -0.1) is 0 Å². The zero-order valence-corrected chi connectivity index (χ0v) is 12.0. The van der Waals surface area contributed by atoms with Gasteiger partial charge in [0.1, 0.15) is 0 Å². The van der Waals surface area contributed by atoms with Crippen molar-refractivity contribution in [1.29, 1.82) is 0 Å². The van der Waals surface area contributed by atoms with E-state index in [2.05, 4.69) is 38.8 Å². The van der Waals surface area contributed by atoms with E-state index in [1.165, 1.54) is 11.3 Å². The quantitative estimate of drug-likeness (QED) is 0.874. The fraction of sp³-hybridized carbons (Fsp3) is 0.571. The summed E-state index contributed by atoms with van der Waals surface area (Å²) in [4.78, 5) is 2.29. The van der Waals surface area contributed by atoms with E-state index in [0.717, 1.165) is 11.4 Å². The summed E-state index contributed by atoms with van der Waals surface area (Å²) in [6.07, 6.45) is 0.891. The average Bonchev–Trinajstić information content (AvgIpc) is 2.29. The summed E-state index contributed by atoms with van der Waals surface area (Å²) < 4.78 is 0. The number of rotatable bonds is 5. The lowest BCUT2D eigenvalue weighted by molar-refractivity contribution is 0.505. The second-order valence-electron chi connectivity index (χ2n) is 4.91. The van der Waals surface area contributed by atoms with Crippen LogP contribution in [0.2, 0.25) is 5.02 Å². The number of halogens is 1. The SMILES string of the molecule is CC(C)C(C)N(C)c1cc(Cl)ccc1CCN. The first-order valence-corrected chi connectivity index (χ1v) is 6.56. The van der Waals surface area contributed by atoms with E-state index >= 15 is 0 Å². The summed E-state index contributed by atoms with van der Waals surface area (Å²) in [6, 6.07) is 6.52. The first kappa shape index (κ1) is 14.3. The fourth-order valence-electron chi connectivity index (χ4n) is 1.90. The molecule has 1 unspecified atom stereocenters. The minimum Gasteiger partial charge on any atom is -0.371 e. The molecule has 0 radical (unpaired) electrons. The summed E-state index contributed by atoms with van der Waals surface area (Å²) in [7, 11) is 2.12. The zero-order chi connectivity index (χ0) is 13.0. The summed E-state index contributed by atoms with van der Waals surface area (Å²) in [6.45, 7) is 7.36. The number of benzene rings is 1. The van der Waals surface area contributed by atoms with Crippen LogP contribution in [-0.2, 0) is 6.42 Å². The van der Waals surface area contributed by atoms with Gasteiger partial charge in [-0.25, -0.2) is 0 Å². The molecule has 0 saturated carbocycles. The third kappa shape index (κ3) is 3.62. The van der Waals surface area contributed by atoms with Gasteiger partial charge in [0.05, 0.1) is 0 Å². The van der Waals surface area contributed by atoms with Crippen molar-refractivity contribution in [2.75, 3.05) is 18.5 Å². The van der Waals surface area contributed by atoms with Crippen LogP contribution in [0.25, 0.3) is 0 Å². The van der Waals surface area contributed by atoms with Crippen molar-refractivity contribution >= 4 is 17.3 Å². The average molecular weight is 255 g/mol. The maximum absolute atomic E-state index is 6.09. The van der Waals surface area contributed by atoms with Crippen LogP contribution < -0.4 is 10.6 Å². The molecule has 0 aliphatic carbocycles. The lowest BCUT2D eigenvalue weighted by Crippen LogP contribution is -2.34. The largest absolute Gasteiger partial charge is 0.371 e. The van der Waals surface area contributed by atoms with Gasteiger partial charge in [-0.1, -0.05) is 31.5 Å². The van der Waals surface area contributed by atoms with Crippen LogP contribution in [0, 0.1) is 5.92 Å². The Morgan fingerprint density at radius 2 is 1.94 bits per heavy atom. The van der Waals surface area contributed by atoms with Gasteiger partial charge in [-0.05, 0) is 43.5 Å². The van der Waals surface area contributed by atoms with E-state index < -0.39 is 0 Å². The highest BCUT2D eigenvalue weighted by atomic mass is 35.5. The molecule has 3 heteroatoms. The first-order valence-electron chi connectivity index (χ1n) is 6.18. The van der Waals surface area contributed by atoms with Crippen LogP contribution in [-0.4, -0.2) is 19.6 Å². The van der Waals surface area contributed by atoms with Gasteiger partial charge in [-0.2, -0.15) is 0 Å². The molecule has 1 rings (SSSR count). The van der Waals surface area contributed by atoms with Gasteiger partial charge in [0.2, 0.25) is 0 Å². The van der Waals surface area contributed by atoms with Crippen LogP contribution in [0.3, 0.4) is 0 Å². The minimum atomic E-state index is 0.477. The Balaban J connectivity index is 3.05. The molecule has 2 N–H and O–H groups in total. The molecule has 0 saturated heterocycles. The van der Waals surface area contributed by atoms with Crippen molar-refractivity contribution in [2.24, 2.45) is 11.7 Å². The van der Waals surface area contributed by atoms with Gasteiger partial charge < -0.3 is 10.6 Å². The highest BCUT2D eigenvalue weighted by Gasteiger charge is 2.16. The van der Waals surface area contributed by atoms with Crippen molar-refractivity contribution in [3.63, 3.8) is 0 Å². The molecule has 0 aliphatic heterocycles. The van der Waals surface area contributed by atoms with Gasteiger partial charge in [0.25, 0.3) is 0 Å². The van der Waals surface area contributed by atoms with Crippen LogP contribution in [0.5, 0.6) is 0 Å². The summed E-state index contributed by atoms with van der Waals surface area (Å²) >= 11 is 6.09. The molecule has 1 atom stereocenters. The van der Waals surface area contributed by atoms with E-state index in [4.69, 9.17) is 17.3 Å². The molecular weight excluding hydrogens is 232 g/mol. The monoisotopic (exact) mass is 254 g/mol. The van der Waals surface area contributed by atoms with Gasteiger partial charge in [0.15, 0.2) is 0 Å². The number of nitrogens with two attached hydrogens (primary N) is 1. The van der Waals surface area contributed by atoms with Crippen LogP contribution >= 0.6 is 11.6 Å². The smallest absolute Gasteiger partial charge is 0.0426 e. The second-order valence-corrected chi connectivity index (χ2v) is 5.34. The Morgan fingerprint density at radius 3 is 2.47 bits per heavy atom. The van der Waals surface area contributed by atoms with Crippen molar-refractivity contribution in [3.05, 3.63) is 28.8 Å². The maximum atomic E-state index is 6.09. The lowest BCUT2D eigenvalue weighted by atomic mass is 10.0. The van der Waals surface area contributed by atoms with Crippen molar-refractivity contribution in [3.8, 4) is 0 Å². The highest BCUT2D eigenvalue weighted by Crippen LogP contribution is 2.27.